The Morgan fingerprint density at radius 3 is 0.987 bits per heavy atom. The zero-order valence-electron chi connectivity index (χ0n) is 42.8. The van der Waals surface area contributed by atoms with Crippen LogP contribution < -0.4 is 0 Å². The molecular formula is C74H58N2. The topological polar surface area (TPSA) is 24.7 Å². The van der Waals surface area contributed by atoms with E-state index in [1.54, 1.807) is 0 Å². The summed E-state index contributed by atoms with van der Waals surface area (Å²) in [5.74, 6) is 0. The fourth-order valence-electron chi connectivity index (χ4n) is 11.9. The van der Waals surface area contributed by atoms with Crippen molar-refractivity contribution >= 4 is 33.9 Å². The Kier molecular flexibility index (Phi) is 13.0. The van der Waals surface area contributed by atoms with Gasteiger partial charge in [-0.05, 0) is 212 Å². The maximum Gasteiger partial charge on any atom is 0.0711 e. The molecule has 0 radical (unpaired) electrons. The van der Waals surface area contributed by atoms with Crippen molar-refractivity contribution in [3.05, 3.63) is 277 Å². The number of nitrogens with zero attached hydrogens (tertiary/aromatic N) is 2. The minimum absolute atomic E-state index is 0.943. The van der Waals surface area contributed by atoms with Crippen LogP contribution in [0.4, 0.5) is 11.4 Å². The molecule has 0 amide bonds. The van der Waals surface area contributed by atoms with Gasteiger partial charge in [-0.15, -0.1) is 0 Å². The molecule has 0 bridgehead atoms. The third-order valence-corrected chi connectivity index (χ3v) is 15.7. The molecule has 0 spiro atoms. The van der Waals surface area contributed by atoms with E-state index in [2.05, 4.69) is 255 Å². The molecule has 0 saturated heterocycles. The minimum atomic E-state index is 0.943. The van der Waals surface area contributed by atoms with Crippen molar-refractivity contribution in [2.24, 2.45) is 9.98 Å². The summed E-state index contributed by atoms with van der Waals surface area (Å²) >= 11 is 0. The number of aliphatic imine (C=N–C) groups is 2. The van der Waals surface area contributed by atoms with E-state index in [4.69, 9.17) is 9.98 Å². The smallest absolute Gasteiger partial charge is 0.0711 e. The van der Waals surface area contributed by atoms with Crippen molar-refractivity contribution in [2.45, 2.75) is 51.4 Å². The quantitative estimate of drug-likeness (QED) is 0.130. The van der Waals surface area contributed by atoms with Crippen LogP contribution in [-0.2, 0) is 12.8 Å². The van der Waals surface area contributed by atoms with Crippen molar-refractivity contribution in [3.63, 3.8) is 0 Å². The Bertz CT molecular complexity index is 3640. The SMILES string of the molecule is C1=C(c2cc(-c3ccccc3)c3c(c2)-c2cc(C4=CC(=Nc5ccccc5-c5cccc(-c6ccccc6)c5)CCC4)cc(-c4ccccc4)c2CC3)CCCC1=Nc1ccccc1-c1cccc(-c2ccccc2)c1. The van der Waals surface area contributed by atoms with Crippen molar-refractivity contribution in [2.75, 3.05) is 0 Å². The molecule has 0 heterocycles. The van der Waals surface area contributed by atoms with Crippen LogP contribution in [0.1, 0.15) is 60.8 Å². The first-order chi connectivity index (χ1) is 37.6. The molecule has 0 N–H and O–H groups in total. The lowest BCUT2D eigenvalue weighted by molar-refractivity contribution is 0.891. The standard InChI is InChI=1S/C74H58N2/c1-5-21-51(22-6-1)55-29-17-33-59(43-55)65-37-13-15-39-73(65)75-63-35-19-31-57(45-63)61-47-69(53-25-9-3-10-26-53)67-41-42-68-70(54-27-11-4-12-28-54)48-62(50-72(68)71(67)49-61)58-32-20-36-64(46-58)76-74-40-16-14-38-66(74)60-34-18-30-56(44-60)52-23-7-2-8-24-52/h1-18,21-30,33-34,37-40,43-50H,19-20,31-32,35-36,41-42H2. The molecule has 76 heavy (non-hydrogen) atoms. The molecule has 10 aromatic carbocycles. The lowest BCUT2D eigenvalue weighted by atomic mass is 9.75. The maximum atomic E-state index is 5.48. The van der Waals surface area contributed by atoms with Gasteiger partial charge in [-0.3, -0.25) is 9.98 Å². The average Bonchev–Trinajstić information content (AvgIpc) is 3.57. The summed E-state index contributed by atoms with van der Waals surface area (Å²) in [4.78, 5) is 11.0. The monoisotopic (exact) mass is 974 g/mol. The number of para-hydroxylation sites is 2. The molecule has 3 aliphatic rings. The van der Waals surface area contributed by atoms with E-state index in [1.807, 2.05) is 0 Å². The molecule has 10 aromatic rings. The third-order valence-electron chi connectivity index (χ3n) is 15.7. The Labute approximate surface area is 447 Å². The van der Waals surface area contributed by atoms with Crippen LogP contribution in [0.25, 0.3) is 89.0 Å². The molecule has 0 unspecified atom stereocenters. The van der Waals surface area contributed by atoms with Gasteiger partial charge in [-0.25, -0.2) is 0 Å². The van der Waals surface area contributed by atoms with E-state index in [-0.39, 0.29) is 0 Å². The molecule has 2 heteroatoms. The van der Waals surface area contributed by atoms with Crippen LogP contribution in [0.3, 0.4) is 0 Å². The molecule has 0 saturated carbocycles. The highest BCUT2D eigenvalue weighted by molar-refractivity contribution is 6.06. The molecule has 13 rings (SSSR count). The zero-order valence-corrected chi connectivity index (χ0v) is 42.8. The predicted molar refractivity (Wildman–Crippen MR) is 323 cm³/mol. The number of hydrogen-bond donors (Lipinski definition) is 0. The van der Waals surface area contributed by atoms with E-state index >= 15 is 0 Å². The summed E-state index contributed by atoms with van der Waals surface area (Å²) in [6.07, 6.45) is 12.8. The van der Waals surface area contributed by atoms with Gasteiger partial charge in [0.15, 0.2) is 0 Å². The molecule has 364 valence electrons. The van der Waals surface area contributed by atoms with Gasteiger partial charge in [0.05, 0.1) is 11.4 Å². The zero-order chi connectivity index (χ0) is 50.6. The minimum Gasteiger partial charge on any atom is -0.253 e. The largest absolute Gasteiger partial charge is 0.253 e. The Hall–Kier alpha value is -8.98. The molecular weight excluding hydrogens is 917 g/mol. The highest BCUT2D eigenvalue weighted by Gasteiger charge is 2.27. The fourth-order valence-corrected chi connectivity index (χ4v) is 11.9. The summed E-state index contributed by atoms with van der Waals surface area (Å²) in [5, 5.41) is 0. The van der Waals surface area contributed by atoms with Gasteiger partial charge in [0.25, 0.3) is 0 Å². The Balaban J connectivity index is 0.909. The highest BCUT2D eigenvalue weighted by atomic mass is 14.8. The van der Waals surface area contributed by atoms with Gasteiger partial charge in [-0.1, -0.05) is 194 Å². The van der Waals surface area contributed by atoms with Gasteiger partial charge in [0, 0.05) is 22.6 Å². The maximum absolute atomic E-state index is 5.48. The van der Waals surface area contributed by atoms with Crippen LogP contribution in [0.5, 0.6) is 0 Å². The van der Waals surface area contributed by atoms with Crippen molar-refractivity contribution in [1.82, 2.24) is 0 Å². The number of rotatable bonds is 10. The summed E-state index contributed by atoms with van der Waals surface area (Å²) in [5.41, 5.74) is 29.8. The highest BCUT2D eigenvalue weighted by Crippen LogP contribution is 2.47. The van der Waals surface area contributed by atoms with E-state index < -0.39 is 0 Å². The van der Waals surface area contributed by atoms with Gasteiger partial charge in [-0.2, -0.15) is 0 Å². The second-order valence-corrected chi connectivity index (χ2v) is 20.5. The third kappa shape index (κ3) is 9.67. The average molecular weight is 975 g/mol. The lowest BCUT2D eigenvalue weighted by Gasteiger charge is -2.28. The number of benzene rings is 10. The first-order valence-corrected chi connectivity index (χ1v) is 27.2. The molecule has 0 aliphatic heterocycles. The summed E-state index contributed by atoms with van der Waals surface area (Å²) < 4.78 is 0. The first kappa shape index (κ1) is 46.8. The van der Waals surface area contributed by atoms with E-state index in [0.29, 0.717) is 0 Å². The summed E-state index contributed by atoms with van der Waals surface area (Å²) in [6.45, 7) is 0. The van der Waals surface area contributed by atoms with Gasteiger partial charge < -0.3 is 0 Å². The van der Waals surface area contributed by atoms with Gasteiger partial charge in [0.1, 0.15) is 0 Å². The van der Waals surface area contributed by atoms with E-state index in [9.17, 15) is 0 Å². The van der Waals surface area contributed by atoms with Gasteiger partial charge >= 0.3 is 0 Å². The van der Waals surface area contributed by atoms with Crippen LogP contribution >= 0.6 is 0 Å². The predicted octanol–water partition coefficient (Wildman–Crippen LogP) is 20.1. The normalized spacial score (nSPS) is 15.2. The van der Waals surface area contributed by atoms with Crippen LogP contribution in [0.2, 0.25) is 0 Å². The van der Waals surface area contributed by atoms with Crippen molar-refractivity contribution in [3.8, 4) is 77.9 Å². The number of allylic oxidation sites excluding steroid dienone is 4. The molecule has 2 nitrogen and oxygen atoms in total. The first-order valence-electron chi connectivity index (χ1n) is 27.2. The van der Waals surface area contributed by atoms with E-state index in [0.717, 1.165) is 85.3 Å². The summed E-state index contributed by atoms with van der Waals surface area (Å²) in [6, 6.07) is 88.5. The number of fused-ring (bicyclic) bond motifs is 3. The van der Waals surface area contributed by atoms with Crippen LogP contribution in [-0.4, -0.2) is 11.4 Å². The molecule has 0 fully saturated rings. The lowest BCUT2D eigenvalue weighted by Crippen LogP contribution is -2.11. The van der Waals surface area contributed by atoms with Gasteiger partial charge in [0.2, 0.25) is 0 Å². The molecule has 3 aliphatic carbocycles. The summed E-state index contributed by atoms with van der Waals surface area (Å²) in [7, 11) is 0. The molecule has 0 aromatic heterocycles. The molecule has 0 atom stereocenters. The van der Waals surface area contributed by atoms with Crippen molar-refractivity contribution in [1.29, 1.82) is 0 Å². The second kappa shape index (κ2) is 21.1. The second-order valence-electron chi connectivity index (χ2n) is 20.5. The van der Waals surface area contributed by atoms with Crippen LogP contribution in [0, 0.1) is 0 Å². The Morgan fingerprint density at radius 1 is 0.224 bits per heavy atom. The van der Waals surface area contributed by atoms with Crippen molar-refractivity contribution < 1.29 is 0 Å². The van der Waals surface area contributed by atoms with Crippen LogP contribution in [0.15, 0.2) is 265 Å². The number of hydrogen-bond acceptors (Lipinski definition) is 2. The fraction of sp³-hybridized carbons (Fsp3) is 0.108. The Morgan fingerprint density at radius 2 is 0.566 bits per heavy atom. The van der Waals surface area contributed by atoms with E-state index in [1.165, 1.54) is 100 Å².